The molecule has 1 aliphatic rings. The second-order valence-electron chi connectivity index (χ2n) is 5.82. The van der Waals surface area contributed by atoms with Gasteiger partial charge in [0.15, 0.2) is 17.4 Å². The van der Waals surface area contributed by atoms with Gasteiger partial charge in [-0.05, 0) is 25.0 Å². The van der Waals surface area contributed by atoms with Crippen LogP contribution in [0.5, 0.6) is 0 Å². The first kappa shape index (κ1) is 14.8. The molecule has 0 amide bonds. The van der Waals surface area contributed by atoms with Crippen LogP contribution in [0.15, 0.2) is 48.5 Å². The topological polar surface area (TPSA) is 34.9 Å². The molecule has 0 atom stereocenters. The van der Waals surface area contributed by atoms with Gasteiger partial charge in [0.2, 0.25) is 0 Å². The van der Waals surface area contributed by atoms with Gasteiger partial charge in [0, 0.05) is 18.1 Å². The molecular formula is C19H14F2N2O. The van der Waals surface area contributed by atoms with Crippen LogP contribution in [0.4, 0.5) is 8.78 Å². The quantitative estimate of drug-likeness (QED) is 0.703. The molecule has 0 saturated heterocycles. The Balaban J connectivity index is 1.95. The van der Waals surface area contributed by atoms with Crippen molar-refractivity contribution in [1.82, 2.24) is 9.78 Å². The highest BCUT2D eigenvalue weighted by Crippen LogP contribution is 2.33. The van der Waals surface area contributed by atoms with E-state index in [0.29, 0.717) is 29.8 Å². The van der Waals surface area contributed by atoms with E-state index in [1.54, 1.807) is 4.68 Å². The number of ketones is 1. The fraction of sp³-hybridized carbons (Fsp3) is 0.158. The number of nitrogens with zero attached hydrogens (tertiary/aromatic N) is 2. The molecule has 0 spiro atoms. The van der Waals surface area contributed by atoms with Crippen molar-refractivity contribution in [2.45, 2.75) is 19.3 Å². The maximum atomic E-state index is 13.6. The van der Waals surface area contributed by atoms with Crippen molar-refractivity contribution in [3.8, 4) is 16.9 Å². The molecule has 120 valence electrons. The molecule has 1 heterocycles. The smallest absolute Gasteiger partial charge is 0.166 e. The Kier molecular flexibility index (Phi) is 3.49. The molecule has 0 fully saturated rings. The molecule has 24 heavy (non-hydrogen) atoms. The van der Waals surface area contributed by atoms with Crippen LogP contribution >= 0.6 is 0 Å². The summed E-state index contributed by atoms with van der Waals surface area (Å²) in [5, 5.41) is 4.56. The van der Waals surface area contributed by atoms with Crippen molar-refractivity contribution in [3.05, 3.63) is 71.4 Å². The predicted molar refractivity (Wildman–Crippen MR) is 86.2 cm³/mol. The number of fused-ring (bicyclic) bond motifs is 1. The zero-order chi connectivity index (χ0) is 16.7. The first-order valence-electron chi connectivity index (χ1n) is 7.81. The Labute approximate surface area is 137 Å². The number of carbonyl (C=O) groups excluding carboxylic acids is 1. The lowest BCUT2D eigenvalue weighted by Gasteiger charge is -2.13. The highest BCUT2D eigenvalue weighted by molar-refractivity contribution is 6.03. The maximum absolute atomic E-state index is 13.6. The fourth-order valence-corrected chi connectivity index (χ4v) is 3.15. The third kappa shape index (κ3) is 2.33. The molecule has 0 N–H and O–H groups in total. The first-order chi connectivity index (χ1) is 11.6. The van der Waals surface area contributed by atoms with Gasteiger partial charge in [0.05, 0.1) is 16.9 Å². The summed E-state index contributed by atoms with van der Waals surface area (Å²) in [4.78, 5) is 12.5. The van der Waals surface area contributed by atoms with Gasteiger partial charge in [-0.3, -0.25) is 4.79 Å². The van der Waals surface area contributed by atoms with Crippen molar-refractivity contribution in [3.63, 3.8) is 0 Å². The average Bonchev–Trinajstić information content (AvgIpc) is 2.99. The Morgan fingerprint density at radius 3 is 2.50 bits per heavy atom. The van der Waals surface area contributed by atoms with Crippen LogP contribution in [-0.2, 0) is 6.42 Å². The van der Waals surface area contributed by atoms with Crippen LogP contribution in [-0.4, -0.2) is 15.6 Å². The summed E-state index contributed by atoms with van der Waals surface area (Å²) in [6, 6.07) is 13.1. The minimum atomic E-state index is -0.930. The van der Waals surface area contributed by atoms with Gasteiger partial charge in [-0.2, -0.15) is 5.10 Å². The van der Waals surface area contributed by atoms with Crippen LogP contribution < -0.4 is 0 Å². The van der Waals surface area contributed by atoms with Crippen LogP contribution in [0.25, 0.3) is 16.9 Å². The van der Waals surface area contributed by atoms with Crippen LogP contribution in [0.2, 0.25) is 0 Å². The Morgan fingerprint density at radius 2 is 1.75 bits per heavy atom. The normalized spacial score (nSPS) is 13.8. The molecule has 3 nitrogen and oxygen atoms in total. The maximum Gasteiger partial charge on any atom is 0.166 e. The molecule has 1 aliphatic carbocycles. The summed E-state index contributed by atoms with van der Waals surface area (Å²) < 4.78 is 28.4. The molecule has 0 saturated carbocycles. The summed E-state index contributed by atoms with van der Waals surface area (Å²) >= 11 is 0. The molecule has 2 aromatic carbocycles. The molecule has 1 aromatic heterocycles. The number of Topliss-reactive ketones (excluding diaryl/α,β-unsaturated/α-hetero) is 1. The van der Waals surface area contributed by atoms with E-state index in [-0.39, 0.29) is 5.78 Å². The van der Waals surface area contributed by atoms with Gasteiger partial charge in [-0.1, -0.05) is 30.3 Å². The third-order valence-electron chi connectivity index (χ3n) is 4.27. The molecular weight excluding hydrogens is 310 g/mol. The van der Waals surface area contributed by atoms with Crippen molar-refractivity contribution in [2.75, 3.05) is 0 Å². The van der Waals surface area contributed by atoms with Gasteiger partial charge in [-0.25, -0.2) is 13.5 Å². The zero-order valence-electron chi connectivity index (χ0n) is 12.8. The molecule has 0 unspecified atom stereocenters. The van der Waals surface area contributed by atoms with Crippen molar-refractivity contribution >= 4 is 5.78 Å². The van der Waals surface area contributed by atoms with E-state index in [4.69, 9.17) is 0 Å². The van der Waals surface area contributed by atoms with Crippen molar-refractivity contribution in [2.24, 2.45) is 0 Å². The Hall–Kier alpha value is -2.82. The predicted octanol–water partition coefficient (Wildman–Crippen LogP) is 4.34. The first-order valence-corrected chi connectivity index (χ1v) is 7.81. The summed E-state index contributed by atoms with van der Waals surface area (Å²) in [7, 11) is 0. The van der Waals surface area contributed by atoms with E-state index in [1.165, 1.54) is 6.07 Å². The van der Waals surface area contributed by atoms with Crippen LogP contribution in [0.3, 0.4) is 0 Å². The number of hydrogen-bond acceptors (Lipinski definition) is 2. The summed E-state index contributed by atoms with van der Waals surface area (Å²) in [5.41, 5.74) is 3.21. The monoisotopic (exact) mass is 324 g/mol. The van der Waals surface area contributed by atoms with Gasteiger partial charge in [-0.15, -0.1) is 0 Å². The van der Waals surface area contributed by atoms with E-state index in [1.807, 2.05) is 30.3 Å². The second kappa shape index (κ2) is 5.67. The summed E-state index contributed by atoms with van der Waals surface area (Å²) in [5.74, 6) is -1.79. The van der Waals surface area contributed by atoms with Gasteiger partial charge in [0.25, 0.3) is 0 Å². The van der Waals surface area contributed by atoms with E-state index in [0.717, 1.165) is 29.8 Å². The third-order valence-corrected chi connectivity index (χ3v) is 4.27. The number of halogens is 2. The molecule has 5 heteroatoms. The summed E-state index contributed by atoms with van der Waals surface area (Å²) in [6.45, 7) is 0. The lowest BCUT2D eigenvalue weighted by molar-refractivity contribution is 0.0973. The molecule has 0 radical (unpaired) electrons. The Bertz CT molecular complexity index is 932. The van der Waals surface area contributed by atoms with E-state index in [9.17, 15) is 13.6 Å². The van der Waals surface area contributed by atoms with E-state index < -0.39 is 11.6 Å². The van der Waals surface area contributed by atoms with Gasteiger partial charge >= 0.3 is 0 Å². The number of carbonyl (C=O) groups is 1. The molecule has 4 rings (SSSR count). The molecule has 0 bridgehead atoms. The van der Waals surface area contributed by atoms with Crippen LogP contribution in [0, 0.1) is 11.6 Å². The standard InChI is InChI=1S/C19H14F2N2O/c20-14-10-9-13(11-15(14)21)23-16-7-4-8-17(24)18(16)19(22-23)12-5-2-1-3-6-12/h1-3,5-6,9-11H,4,7-8H2. The highest BCUT2D eigenvalue weighted by Gasteiger charge is 2.28. The number of aromatic nitrogens is 2. The zero-order valence-corrected chi connectivity index (χ0v) is 12.8. The lowest BCUT2D eigenvalue weighted by atomic mass is 9.92. The van der Waals surface area contributed by atoms with Crippen molar-refractivity contribution in [1.29, 1.82) is 0 Å². The fourth-order valence-electron chi connectivity index (χ4n) is 3.15. The minimum absolute atomic E-state index is 0.0453. The van der Waals surface area contributed by atoms with E-state index >= 15 is 0 Å². The van der Waals surface area contributed by atoms with E-state index in [2.05, 4.69) is 5.10 Å². The Morgan fingerprint density at radius 1 is 0.958 bits per heavy atom. The number of rotatable bonds is 2. The van der Waals surface area contributed by atoms with Gasteiger partial charge < -0.3 is 0 Å². The largest absolute Gasteiger partial charge is 0.294 e. The van der Waals surface area contributed by atoms with Crippen molar-refractivity contribution < 1.29 is 13.6 Å². The second-order valence-corrected chi connectivity index (χ2v) is 5.82. The molecule has 0 aliphatic heterocycles. The minimum Gasteiger partial charge on any atom is -0.294 e. The number of hydrogen-bond donors (Lipinski definition) is 0. The SMILES string of the molecule is O=C1CCCc2c1c(-c1ccccc1)nn2-c1ccc(F)c(F)c1. The lowest BCUT2D eigenvalue weighted by Crippen LogP contribution is -2.13. The average molecular weight is 324 g/mol. The highest BCUT2D eigenvalue weighted by atomic mass is 19.2. The van der Waals surface area contributed by atoms with Gasteiger partial charge in [0.1, 0.15) is 5.69 Å². The number of benzene rings is 2. The summed E-state index contributed by atoms with van der Waals surface area (Å²) in [6.07, 6.45) is 1.89. The van der Waals surface area contributed by atoms with Crippen LogP contribution in [0.1, 0.15) is 28.9 Å². The molecule has 3 aromatic rings.